The third-order valence-corrected chi connectivity index (χ3v) is 4.43. The summed E-state index contributed by atoms with van der Waals surface area (Å²) in [5.41, 5.74) is 6.14. The third-order valence-electron chi connectivity index (χ3n) is 2.73. The predicted octanol–water partition coefficient (Wildman–Crippen LogP) is 2.61. The van der Waals surface area contributed by atoms with Gasteiger partial charge in [0.2, 0.25) is 0 Å². The van der Waals surface area contributed by atoms with Crippen molar-refractivity contribution in [2.75, 3.05) is 5.75 Å². The first-order chi connectivity index (χ1) is 9.20. The lowest BCUT2D eigenvalue weighted by atomic mass is 10.2. The number of nitrogens with zero attached hydrogens (tertiary/aromatic N) is 3. The number of nitrogens with two attached hydrogens (primary N) is 1. The number of aromatic nitrogens is 3. The standard InChI is InChI=1S/C13H17ClN4S/c1-2-18-13(16-9-17-18)7-10(15)8-19-12-6-4-3-5-11(12)14/h3-6,9-10H,2,7-8,15H2,1H3. The molecule has 0 saturated heterocycles. The normalized spacial score (nSPS) is 12.6. The van der Waals surface area contributed by atoms with Crippen LogP contribution in [0.2, 0.25) is 5.02 Å². The minimum absolute atomic E-state index is 0.0378. The summed E-state index contributed by atoms with van der Waals surface area (Å²) in [7, 11) is 0. The van der Waals surface area contributed by atoms with Crippen LogP contribution in [-0.4, -0.2) is 26.6 Å². The maximum absolute atomic E-state index is 6.14. The van der Waals surface area contributed by atoms with Gasteiger partial charge in [-0.25, -0.2) is 4.98 Å². The second-order valence-corrected chi connectivity index (χ2v) is 5.67. The molecule has 2 rings (SSSR count). The Hall–Kier alpha value is -1.04. The SMILES string of the molecule is CCn1ncnc1CC(N)CSc1ccccc1Cl. The van der Waals surface area contributed by atoms with Crippen molar-refractivity contribution in [2.45, 2.75) is 30.8 Å². The monoisotopic (exact) mass is 296 g/mol. The molecule has 2 N–H and O–H groups in total. The van der Waals surface area contributed by atoms with E-state index in [0.717, 1.165) is 34.5 Å². The smallest absolute Gasteiger partial charge is 0.138 e. The Morgan fingerprint density at radius 3 is 2.95 bits per heavy atom. The van der Waals surface area contributed by atoms with Gasteiger partial charge in [-0.2, -0.15) is 5.10 Å². The van der Waals surface area contributed by atoms with E-state index in [9.17, 15) is 0 Å². The van der Waals surface area contributed by atoms with E-state index in [0.29, 0.717) is 0 Å². The highest BCUT2D eigenvalue weighted by Crippen LogP contribution is 2.27. The van der Waals surface area contributed by atoms with Gasteiger partial charge >= 0.3 is 0 Å². The highest BCUT2D eigenvalue weighted by molar-refractivity contribution is 7.99. The zero-order chi connectivity index (χ0) is 13.7. The van der Waals surface area contributed by atoms with Gasteiger partial charge in [0, 0.05) is 29.7 Å². The molecule has 0 radical (unpaired) electrons. The molecule has 1 aromatic heterocycles. The van der Waals surface area contributed by atoms with Crippen molar-refractivity contribution in [2.24, 2.45) is 5.73 Å². The number of hydrogen-bond donors (Lipinski definition) is 1. The first-order valence-electron chi connectivity index (χ1n) is 6.20. The summed E-state index contributed by atoms with van der Waals surface area (Å²) in [5, 5.41) is 4.92. The van der Waals surface area contributed by atoms with Gasteiger partial charge in [0.25, 0.3) is 0 Å². The Labute approximate surface area is 122 Å². The molecule has 0 saturated carbocycles. The quantitative estimate of drug-likeness (QED) is 0.833. The second kappa shape index (κ2) is 6.93. The molecule has 19 heavy (non-hydrogen) atoms. The van der Waals surface area contributed by atoms with Crippen LogP contribution in [0.5, 0.6) is 0 Å². The summed E-state index contributed by atoms with van der Waals surface area (Å²) in [5.74, 6) is 1.75. The summed E-state index contributed by atoms with van der Waals surface area (Å²) >= 11 is 7.79. The number of aryl methyl sites for hydroxylation is 1. The molecule has 1 aromatic carbocycles. The first-order valence-corrected chi connectivity index (χ1v) is 7.56. The van der Waals surface area contributed by atoms with Crippen LogP contribution < -0.4 is 5.73 Å². The lowest BCUT2D eigenvalue weighted by molar-refractivity contribution is 0.588. The number of halogens is 1. The number of hydrogen-bond acceptors (Lipinski definition) is 4. The van der Waals surface area contributed by atoms with E-state index < -0.39 is 0 Å². The molecule has 2 aromatic rings. The molecule has 1 unspecified atom stereocenters. The molecular weight excluding hydrogens is 280 g/mol. The van der Waals surface area contributed by atoms with Gasteiger partial charge in [0.15, 0.2) is 0 Å². The Morgan fingerprint density at radius 2 is 2.21 bits per heavy atom. The Bertz CT molecular complexity index is 529. The fourth-order valence-electron chi connectivity index (χ4n) is 1.76. The molecular formula is C13H17ClN4S. The van der Waals surface area contributed by atoms with Gasteiger partial charge < -0.3 is 5.73 Å². The summed E-state index contributed by atoms with van der Waals surface area (Å²) in [6, 6.07) is 7.84. The summed E-state index contributed by atoms with van der Waals surface area (Å²) in [6.45, 7) is 2.86. The van der Waals surface area contributed by atoms with Crippen LogP contribution in [0.4, 0.5) is 0 Å². The second-order valence-electron chi connectivity index (χ2n) is 4.20. The largest absolute Gasteiger partial charge is 0.327 e. The summed E-state index contributed by atoms with van der Waals surface area (Å²) in [4.78, 5) is 5.30. The maximum atomic E-state index is 6.14. The van der Waals surface area contributed by atoms with E-state index in [4.69, 9.17) is 17.3 Å². The van der Waals surface area contributed by atoms with Crippen LogP contribution in [0, 0.1) is 0 Å². The molecule has 102 valence electrons. The molecule has 0 spiro atoms. The van der Waals surface area contributed by atoms with E-state index in [1.807, 2.05) is 35.9 Å². The van der Waals surface area contributed by atoms with Crippen molar-refractivity contribution >= 4 is 23.4 Å². The molecule has 0 amide bonds. The Balaban J connectivity index is 1.88. The molecule has 1 heterocycles. The predicted molar refractivity (Wildman–Crippen MR) is 79.6 cm³/mol. The van der Waals surface area contributed by atoms with Crippen LogP contribution in [-0.2, 0) is 13.0 Å². The van der Waals surface area contributed by atoms with Crippen molar-refractivity contribution in [3.05, 3.63) is 41.4 Å². The molecule has 1 atom stereocenters. The average molecular weight is 297 g/mol. The van der Waals surface area contributed by atoms with E-state index in [2.05, 4.69) is 10.1 Å². The van der Waals surface area contributed by atoms with Gasteiger partial charge in [-0.1, -0.05) is 23.7 Å². The first kappa shape index (κ1) is 14.4. The molecule has 0 aliphatic heterocycles. The van der Waals surface area contributed by atoms with Gasteiger partial charge in [-0.3, -0.25) is 4.68 Å². The lowest BCUT2D eigenvalue weighted by Crippen LogP contribution is -2.27. The van der Waals surface area contributed by atoms with Crippen LogP contribution in [0.1, 0.15) is 12.7 Å². The molecule has 0 bridgehead atoms. The number of benzene rings is 1. The highest BCUT2D eigenvalue weighted by Gasteiger charge is 2.10. The number of thioether (sulfide) groups is 1. The van der Waals surface area contributed by atoms with Crippen LogP contribution in [0.3, 0.4) is 0 Å². The maximum Gasteiger partial charge on any atom is 0.138 e. The zero-order valence-electron chi connectivity index (χ0n) is 10.8. The highest BCUT2D eigenvalue weighted by atomic mass is 35.5. The van der Waals surface area contributed by atoms with Crippen molar-refractivity contribution in [1.29, 1.82) is 0 Å². The minimum atomic E-state index is 0.0378. The Morgan fingerprint density at radius 1 is 1.42 bits per heavy atom. The zero-order valence-corrected chi connectivity index (χ0v) is 12.4. The van der Waals surface area contributed by atoms with Crippen molar-refractivity contribution in [1.82, 2.24) is 14.8 Å². The van der Waals surface area contributed by atoms with Crippen molar-refractivity contribution < 1.29 is 0 Å². The van der Waals surface area contributed by atoms with E-state index in [1.54, 1.807) is 18.1 Å². The minimum Gasteiger partial charge on any atom is -0.327 e. The van der Waals surface area contributed by atoms with Gasteiger partial charge in [-0.05, 0) is 19.1 Å². The molecule has 0 aliphatic rings. The topological polar surface area (TPSA) is 56.7 Å². The van der Waals surface area contributed by atoms with Crippen molar-refractivity contribution in [3.63, 3.8) is 0 Å². The molecule has 6 heteroatoms. The average Bonchev–Trinajstić information content (AvgIpc) is 2.85. The van der Waals surface area contributed by atoms with Gasteiger partial charge in [0.1, 0.15) is 12.2 Å². The van der Waals surface area contributed by atoms with E-state index in [1.165, 1.54) is 0 Å². The van der Waals surface area contributed by atoms with Gasteiger partial charge in [0.05, 0.1) is 5.02 Å². The fraction of sp³-hybridized carbons (Fsp3) is 0.385. The number of rotatable bonds is 6. The summed E-state index contributed by atoms with van der Waals surface area (Å²) < 4.78 is 1.88. The van der Waals surface area contributed by atoms with E-state index in [-0.39, 0.29) is 6.04 Å². The van der Waals surface area contributed by atoms with Crippen molar-refractivity contribution in [3.8, 4) is 0 Å². The van der Waals surface area contributed by atoms with Crippen LogP contribution in [0.15, 0.2) is 35.5 Å². The molecule has 0 fully saturated rings. The molecule has 4 nitrogen and oxygen atoms in total. The van der Waals surface area contributed by atoms with Gasteiger partial charge in [-0.15, -0.1) is 11.8 Å². The Kier molecular flexibility index (Phi) is 5.24. The molecule has 0 aliphatic carbocycles. The summed E-state index contributed by atoms with van der Waals surface area (Å²) in [6.07, 6.45) is 2.30. The van der Waals surface area contributed by atoms with Crippen LogP contribution >= 0.6 is 23.4 Å². The third kappa shape index (κ3) is 3.96. The fourth-order valence-corrected chi connectivity index (χ4v) is 2.95. The van der Waals surface area contributed by atoms with Crippen LogP contribution in [0.25, 0.3) is 0 Å². The van der Waals surface area contributed by atoms with E-state index >= 15 is 0 Å². The lowest BCUT2D eigenvalue weighted by Gasteiger charge is -2.11.